The van der Waals surface area contributed by atoms with Crippen molar-refractivity contribution in [3.63, 3.8) is 0 Å². The molecule has 3 nitrogen and oxygen atoms in total. The van der Waals surface area contributed by atoms with Gasteiger partial charge in [-0.05, 0) is 18.9 Å². The Balaban J connectivity index is 2.65. The van der Waals surface area contributed by atoms with Gasteiger partial charge in [0.15, 0.2) is 0 Å². The van der Waals surface area contributed by atoms with Crippen molar-refractivity contribution in [3.05, 3.63) is 18.2 Å². The van der Waals surface area contributed by atoms with Gasteiger partial charge in [0.2, 0.25) is 0 Å². The molecule has 0 fully saturated rings. The molecule has 1 atom stereocenters. The van der Waals surface area contributed by atoms with E-state index >= 15 is 0 Å². The molecule has 1 aromatic rings. The molecule has 0 spiro atoms. The average molecular weight is 223 g/mol. The van der Waals surface area contributed by atoms with E-state index in [4.69, 9.17) is 0 Å². The van der Waals surface area contributed by atoms with Gasteiger partial charge in [-0.15, -0.1) is 0 Å². The number of nitrogens with zero attached hydrogens (tertiary/aromatic N) is 2. The Bertz CT molecular complexity index is 291. The lowest BCUT2D eigenvalue weighted by Crippen LogP contribution is -2.37. The van der Waals surface area contributed by atoms with Crippen molar-refractivity contribution in [2.75, 3.05) is 6.54 Å². The van der Waals surface area contributed by atoms with Crippen molar-refractivity contribution in [1.82, 2.24) is 14.9 Å². The Kier molecular flexibility index (Phi) is 5.53. The van der Waals surface area contributed by atoms with Gasteiger partial charge < -0.3 is 9.88 Å². The molecule has 1 N–H and O–H groups in total. The molecule has 1 unspecified atom stereocenters. The lowest BCUT2D eigenvalue weighted by Gasteiger charge is -2.23. The van der Waals surface area contributed by atoms with E-state index in [-0.39, 0.29) is 0 Å². The smallest absolute Gasteiger partial charge is 0.108 e. The predicted octanol–water partition coefficient (Wildman–Crippen LogP) is 2.47. The summed E-state index contributed by atoms with van der Waals surface area (Å²) in [6.45, 7) is 11.0. The van der Waals surface area contributed by atoms with Gasteiger partial charge in [0.1, 0.15) is 5.82 Å². The third-order valence-electron chi connectivity index (χ3n) is 2.94. The summed E-state index contributed by atoms with van der Waals surface area (Å²) in [5.41, 5.74) is 0. The van der Waals surface area contributed by atoms with Crippen LogP contribution in [0.3, 0.4) is 0 Å². The van der Waals surface area contributed by atoms with Gasteiger partial charge in [-0.1, -0.05) is 27.7 Å². The molecule has 3 heteroatoms. The second kappa shape index (κ2) is 6.69. The average Bonchev–Trinajstić information content (AvgIpc) is 2.65. The molecule has 1 heterocycles. The van der Waals surface area contributed by atoms with Gasteiger partial charge in [0.25, 0.3) is 0 Å². The van der Waals surface area contributed by atoms with Crippen molar-refractivity contribution in [2.45, 2.75) is 53.1 Å². The third kappa shape index (κ3) is 3.63. The van der Waals surface area contributed by atoms with Crippen LogP contribution in [0.5, 0.6) is 0 Å². The van der Waals surface area contributed by atoms with E-state index in [1.165, 1.54) is 5.82 Å². The Morgan fingerprint density at radius 1 is 1.38 bits per heavy atom. The van der Waals surface area contributed by atoms with Crippen molar-refractivity contribution in [3.8, 4) is 0 Å². The zero-order chi connectivity index (χ0) is 12.0. The van der Waals surface area contributed by atoms with Crippen LogP contribution in [0, 0.1) is 5.92 Å². The Hall–Kier alpha value is -0.830. The molecule has 0 radical (unpaired) electrons. The highest BCUT2D eigenvalue weighted by Gasteiger charge is 2.13. The maximum Gasteiger partial charge on any atom is 0.108 e. The van der Waals surface area contributed by atoms with Crippen LogP contribution >= 0.6 is 0 Å². The summed E-state index contributed by atoms with van der Waals surface area (Å²) in [5, 5.41) is 3.54. The van der Waals surface area contributed by atoms with Gasteiger partial charge in [0, 0.05) is 31.4 Å². The van der Waals surface area contributed by atoms with Crippen molar-refractivity contribution in [2.24, 2.45) is 5.92 Å². The second-order valence-corrected chi connectivity index (χ2v) is 4.65. The first-order chi connectivity index (χ1) is 7.69. The van der Waals surface area contributed by atoms with E-state index in [0.29, 0.717) is 12.0 Å². The number of likely N-dealkylation sites (N-methyl/N-ethyl adjacent to an activating group) is 1. The zero-order valence-electron chi connectivity index (χ0n) is 11.0. The Morgan fingerprint density at radius 2 is 2.12 bits per heavy atom. The number of nitrogens with one attached hydrogen (secondary N) is 1. The van der Waals surface area contributed by atoms with Crippen molar-refractivity contribution < 1.29 is 0 Å². The lowest BCUT2D eigenvalue weighted by atomic mass is 10.0. The van der Waals surface area contributed by atoms with Crippen LogP contribution in [0.15, 0.2) is 12.4 Å². The molecule has 0 saturated heterocycles. The van der Waals surface area contributed by atoms with Gasteiger partial charge in [0.05, 0.1) is 0 Å². The first kappa shape index (κ1) is 13.2. The maximum atomic E-state index is 4.41. The number of rotatable bonds is 7. The van der Waals surface area contributed by atoms with Crippen LogP contribution in [-0.4, -0.2) is 22.1 Å². The van der Waals surface area contributed by atoms with Gasteiger partial charge in [-0.25, -0.2) is 4.98 Å². The van der Waals surface area contributed by atoms with E-state index in [0.717, 1.165) is 25.9 Å². The minimum atomic E-state index is 0.537. The number of aromatic nitrogens is 2. The minimum Gasteiger partial charge on any atom is -0.333 e. The van der Waals surface area contributed by atoms with Gasteiger partial charge in [-0.2, -0.15) is 0 Å². The molecule has 0 amide bonds. The fourth-order valence-electron chi connectivity index (χ4n) is 1.94. The van der Waals surface area contributed by atoms with Gasteiger partial charge in [-0.3, -0.25) is 0 Å². The molecule has 0 aliphatic rings. The van der Waals surface area contributed by atoms with E-state index in [1.54, 1.807) is 0 Å². The summed E-state index contributed by atoms with van der Waals surface area (Å²) in [7, 11) is 0. The van der Waals surface area contributed by atoms with E-state index < -0.39 is 0 Å². The molecule has 1 rings (SSSR count). The van der Waals surface area contributed by atoms with Crippen LogP contribution < -0.4 is 5.32 Å². The maximum absolute atomic E-state index is 4.41. The van der Waals surface area contributed by atoms with Crippen LogP contribution in [0.2, 0.25) is 0 Å². The molecule has 0 aliphatic carbocycles. The molecule has 0 aliphatic heterocycles. The summed E-state index contributed by atoms with van der Waals surface area (Å²) >= 11 is 0. The highest BCUT2D eigenvalue weighted by atomic mass is 15.1. The van der Waals surface area contributed by atoms with Crippen molar-refractivity contribution >= 4 is 0 Å². The summed E-state index contributed by atoms with van der Waals surface area (Å²) in [4.78, 5) is 4.41. The third-order valence-corrected chi connectivity index (χ3v) is 2.94. The summed E-state index contributed by atoms with van der Waals surface area (Å²) < 4.78 is 2.29. The molecular weight excluding hydrogens is 198 g/mol. The molecular formula is C13H25N3. The fraction of sp³-hybridized carbons (Fsp3) is 0.769. The molecule has 0 aromatic carbocycles. The molecule has 92 valence electrons. The van der Waals surface area contributed by atoms with E-state index in [1.807, 2.05) is 6.20 Å². The summed E-state index contributed by atoms with van der Waals surface area (Å²) in [5.74, 6) is 1.86. The van der Waals surface area contributed by atoms with Crippen molar-refractivity contribution in [1.29, 1.82) is 0 Å². The summed E-state index contributed by atoms with van der Waals surface area (Å²) in [6.07, 6.45) is 6.24. The molecule has 1 aromatic heterocycles. The quantitative estimate of drug-likeness (QED) is 0.769. The largest absolute Gasteiger partial charge is 0.333 e. The second-order valence-electron chi connectivity index (χ2n) is 4.65. The molecule has 0 saturated carbocycles. The van der Waals surface area contributed by atoms with Crippen LogP contribution in [0.1, 0.15) is 39.9 Å². The van der Waals surface area contributed by atoms with Crippen LogP contribution in [-0.2, 0) is 13.0 Å². The topological polar surface area (TPSA) is 29.9 Å². The SMILES string of the molecule is CCCc1nccn1CC(NCC)C(C)C. The Labute approximate surface area is 99.3 Å². The number of hydrogen-bond acceptors (Lipinski definition) is 2. The minimum absolute atomic E-state index is 0.537. The summed E-state index contributed by atoms with van der Waals surface area (Å²) in [6, 6.07) is 0.537. The molecule has 16 heavy (non-hydrogen) atoms. The number of hydrogen-bond donors (Lipinski definition) is 1. The fourth-order valence-corrected chi connectivity index (χ4v) is 1.94. The highest BCUT2D eigenvalue weighted by molar-refractivity contribution is 4.93. The Morgan fingerprint density at radius 3 is 2.69 bits per heavy atom. The standard InChI is InChI=1S/C13H25N3/c1-5-7-13-15-8-9-16(13)10-12(11(3)4)14-6-2/h8-9,11-12,14H,5-7,10H2,1-4H3. The van der Waals surface area contributed by atoms with Gasteiger partial charge >= 0.3 is 0 Å². The van der Waals surface area contributed by atoms with E-state index in [2.05, 4.69) is 48.8 Å². The first-order valence-electron chi connectivity index (χ1n) is 6.42. The number of aryl methyl sites for hydroxylation is 1. The number of imidazole rings is 1. The normalized spacial score (nSPS) is 13.3. The predicted molar refractivity (Wildman–Crippen MR) is 68.5 cm³/mol. The lowest BCUT2D eigenvalue weighted by molar-refractivity contribution is 0.358. The van der Waals surface area contributed by atoms with E-state index in [9.17, 15) is 0 Å². The van der Waals surface area contributed by atoms with Crippen LogP contribution in [0.4, 0.5) is 0 Å². The first-order valence-corrected chi connectivity index (χ1v) is 6.42. The highest BCUT2D eigenvalue weighted by Crippen LogP contribution is 2.08. The monoisotopic (exact) mass is 223 g/mol. The van der Waals surface area contributed by atoms with Crippen LogP contribution in [0.25, 0.3) is 0 Å². The zero-order valence-corrected chi connectivity index (χ0v) is 11.0. The molecule has 0 bridgehead atoms.